The summed E-state index contributed by atoms with van der Waals surface area (Å²) in [6.07, 6.45) is 4.31. The molecule has 1 rings (SSSR count). The number of carbonyl (C=O) groups excluding carboxylic acids is 1. The Morgan fingerprint density at radius 2 is 1.72 bits per heavy atom. The van der Waals surface area contributed by atoms with Gasteiger partial charge in [0, 0.05) is 12.0 Å². The van der Waals surface area contributed by atoms with Gasteiger partial charge in [-0.3, -0.25) is 9.59 Å². The SMILES string of the molecule is C[C@@H](CC(=O)O)C(=O)NC1CCCC1.O=S(=O)=O. The Morgan fingerprint density at radius 1 is 1.28 bits per heavy atom. The van der Waals surface area contributed by atoms with Crippen LogP contribution in [0, 0.1) is 5.92 Å². The van der Waals surface area contributed by atoms with Crippen LogP contribution >= 0.6 is 0 Å². The Morgan fingerprint density at radius 3 is 2.11 bits per heavy atom. The third-order valence-corrected chi connectivity index (χ3v) is 2.63. The standard InChI is InChI=1S/C10H17NO3.O3S/c1-7(6-9(12)13)10(14)11-8-4-2-3-5-8;1-4(2)3/h7-8H,2-6H2,1H3,(H,11,14)(H,12,13);/t7-;/m0./s1. The average Bonchev–Trinajstić information content (AvgIpc) is 2.68. The van der Waals surface area contributed by atoms with Gasteiger partial charge in [0.05, 0.1) is 6.42 Å². The van der Waals surface area contributed by atoms with Crippen LogP contribution in [0.4, 0.5) is 0 Å². The maximum Gasteiger partial charge on any atom is 0.425 e. The predicted molar refractivity (Wildman–Crippen MR) is 61.5 cm³/mol. The highest BCUT2D eigenvalue weighted by molar-refractivity contribution is 7.59. The van der Waals surface area contributed by atoms with Crippen LogP contribution in [0.2, 0.25) is 0 Å². The van der Waals surface area contributed by atoms with E-state index in [-0.39, 0.29) is 18.4 Å². The highest BCUT2D eigenvalue weighted by Gasteiger charge is 2.21. The summed E-state index contributed by atoms with van der Waals surface area (Å²) in [5.41, 5.74) is 0. The molecule has 1 aliphatic rings. The van der Waals surface area contributed by atoms with Crippen LogP contribution in [-0.4, -0.2) is 35.7 Å². The molecular weight excluding hydrogens is 262 g/mol. The molecule has 104 valence electrons. The normalized spacial score (nSPS) is 16.3. The summed E-state index contributed by atoms with van der Waals surface area (Å²) in [7, 11) is -3.11. The van der Waals surface area contributed by atoms with E-state index in [1.807, 2.05) is 0 Å². The van der Waals surface area contributed by atoms with Gasteiger partial charge in [-0.1, -0.05) is 19.8 Å². The fourth-order valence-electron chi connectivity index (χ4n) is 1.77. The Balaban J connectivity index is 0.000000631. The van der Waals surface area contributed by atoms with Gasteiger partial charge >= 0.3 is 16.6 Å². The molecule has 0 heterocycles. The summed E-state index contributed by atoms with van der Waals surface area (Å²) < 4.78 is 25.3. The molecule has 8 heteroatoms. The molecule has 0 aromatic rings. The van der Waals surface area contributed by atoms with Gasteiger partial charge in [-0.2, -0.15) is 0 Å². The van der Waals surface area contributed by atoms with Crippen molar-refractivity contribution >= 4 is 22.5 Å². The van der Waals surface area contributed by atoms with Gasteiger partial charge in [0.15, 0.2) is 0 Å². The minimum Gasteiger partial charge on any atom is -0.481 e. The zero-order valence-corrected chi connectivity index (χ0v) is 10.9. The van der Waals surface area contributed by atoms with Gasteiger partial charge in [0.1, 0.15) is 0 Å². The first-order chi connectivity index (χ1) is 8.32. The fraction of sp³-hybridized carbons (Fsp3) is 0.800. The molecule has 7 nitrogen and oxygen atoms in total. The van der Waals surface area contributed by atoms with Gasteiger partial charge in [-0.05, 0) is 12.8 Å². The van der Waals surface area contributed by atoms with Crippen LogP contribution in [0.25, 0.3) is 0 Å². The average molecular weight is 279 g/mol. The third-order valence-electron chi connectivity index (χ3n) is 2.63. The highest BCUT2D eigenvalue weighted by Crippen LogP contribution is 2.18. The highest BCUT2D eigenvalue weighted by atomic mass is 32.2. The molecule has 1 fully saturated rings. The second-order valence-corrected chi connectivity index (χ2v) is 4.60. The van der Waals surface area contributed by atoms with E-state index in [1.165, 1.54) is 0 Å². The van der Waals surface area contributed by atoms with Crippen molar-refractivity contribution in [2.24, 2.45) is 5.92 Å². The first-order valence-electron chi connectivity index (χ1n) is 5.61. The number of carboxylic acids is 1. The van der Waals surface area contributed by atoms with Crippen LogP contribution in [-0.2, 0) is 20.2 Å². The third kappa shape index (κ3) is 8.68. The van der Waals surface area contributed by atoms with Crippen molar-refractivity contribution in [1.82, 2.24) is 5.32 Å². The minimum atomic E-state index is -3.11. The van der Waals surface area contributed by atoms with Crippen molar-refractivity contribution < 1.29 is 27.3 Å². The summed E-state index contributed by atoms with van der Waals surface area (Å²) in [5.74, 6) is -1.47. The lowest BCUT2D eigenvalue weighted by atomic mass is 10.1. The quantitative estimate of drug-likeness (QED) is 0.756. The molecule has 0 aromatic carbocycles. The molecule has 1 aliphatic carbocycles. The lowest BCUT2D eigenvalue weighted by Gasteiger charge is -2.15. The molecule has 2 N–H and O–H groups in total. The van der Waals surface area contributed by atoms with Crippen molar-refractivity contribution in [3.63, 3.8) is 0 Å². The summed E-state index contributed by atoms with van der Waals surface area (Å²) in [6.45, 7) is 1.65. The van der Waals surface area contributed by atoms with Gasteiger partial charge in [-0.25, -0.2) is 0 Å². The first-order valence-corrected chi connectivity index (χ1v) is 6.61. The molecule has 0 bridgehead atoms. The Kier molecular flexibility index (Phi) is 7.93. The van der Waals surface area contributed by atoms with Crippen molar-refractivity contribution in [2.45, 2.75) is 45.1 Å². The molecule has 18 heavy (non-hydrogen) atoms. The van der Waals surface area contributed by atoms with Crippen molar-refractivity contribution in [3.05, 3.63) is 0 Å². The summed E-state index contributed by atoms with van der Waals surface area (Å²) in [5, 5.41) is 11.4. The van der Waals surface area contributed by atoms with E-state index >= 15 is 0 Å². The molecule has 1 saturated carbocycles. The van der Waals surface area contributed by atoms with Gasteiger partial charge in [-0.15, -0.1) is 12.6 Å². The van der Waals surface area contributed by atoms with Crippen molar-refractivity contribution in [1.29, 1.82) is 0 Å². The summed E-state index contributed by atoms with van der Waals surface area (Å²) in [6, 6.07) is 0.277. The van der Waals surface area contributed by atoms with Gasteiger partial charge in [0.2, 0.25) is 5.91 Å². The van der Waals surface area contributed by atoms with E-state index in [0.29, 0.717) is 0 Å². The summed E-state index contributed by atoms with van der Waals surface area (Å²) >= 11 is 0. The van der Waals surface area contributed by atoms with E-state index in [4.69, 9.17) is 17.7 Å². The van der Waals surface area contributed by atoms with Crippen molar-refractivity contribution in [2.75, 3.05) is 0 Å². The topological polar surface area (TPSA) is 118 Å². The molecular formula is C10H17NO6S. The molecule has 0 saturated heterocycles. The lowest BCUT2D eigenvalue weighted by Crippen LogP contribution is -2.37. The van der Waals surface area contributed by atoms with Crippen LogP contribution < -0.4 is 5.32 Å². The molecule has 0 radical (unpaired) electrons. The van der Waals surface area contributed by atoms with Crippen LogP contribution in [0.5, 0.6) is 0 Å². The number of amides is 1. The van der Waals surface area contributed by atoms with Gasteiger partial charge < -0.3 is 10.4 Å². The Bertz CT molecular complexity index is 377. The van der Waals surface area contributed by atoms with E-state index in [1.54, 1.807) is 6.92 Å². The largest absolute Gasteiger partial charge is 0.481 e. The maximum atomic E-state index is 11.5. The van der Waals surface area contributed by atoms with Crippen LogP contribution in [0.15, 0.2) is 0 Å². The van der Waals surface area contributed by atoms with E-state index < -0.39 is 22.5 Å². The second kappa shape index (κ2) is 8.62. The maximum absolute atomic E-state index is 11.5. The lowest BCUT2D eigenvalue weighted by molar-refractivity contribution is -0.140. The number of nitrogens with one attached hydrogen (secondary N) is 1. The zero-order chi connectivity index (χ0) is 14.1. The first kappa shape index (κ1) is 16.6. The van der Waals surface area contributed by atoms with Crippen LogP contribution in [0.3, 0.4) is 0 Å². The molecule has 1 amide bonds. The molecule has 0 aliphatic heterocycles. The molecule has 0 aromatic heterocycles. The van der Waals surface area contributed by atoms with E-state index in [0.717, 1.165) is 25.7 Å². The van der Waals surface area contributed by atoms with Gasteiger partial charge in [0.25, 0.3) is 0 Å². The monoisotopic (exact) mass is 279 g/mol. The minimum absolute atomic E-state index is 0.0848. The number of aliphatic carboxylic acids is 1. The number of carboxylic acid groups (broad SMARTS) is 1. The molecule has 1 atom stereocenters. The smallest absolute Gasteiger partial charge is 0.425 e. The van der Waals surface area contributed by atoms with Crippen LogP contribution in [0.1, 0.15) is 39.0 Å². The molecule has 0 spiro atoms. The fourth-order valence-corrected chi connectivity index (χ4v) is 1.77. The van der Waals surface area contributed by atoms with Crippen molar-refractivity contribution in [3.8, 4) is 0 Å². The summed E-state index contributed by atoms with van der Waals surface area (Å²) in [4.78, 5) is 21.8. The number of hydrogen-bond acceptors (Lipinski definition) is 5. The number of carbonyl (C=O) groups is 2. The van der Waals surface area contributed by atoms with E-state index in [2.05, 4.69) is 5.32 Å². The zero-order valence-electron chi connectivity index (χ0n) is 10.1. The second-order valence-electron chi connectivity index (χ2n) is 4.19. The number of hydrogen-bond donors (Lipinski definition) is 2. The Labute approximate surface area is 107 Å². The molecule has 0 unspecified atom stereocenters. The number of rotatable bonds is 4. The predicted octanol–water partition coefficient (Wildman–Crippen LogP) is 0.152. The van der Waals surface area contributed by atoms with E-state index in [9.17, 15) is 9.59 Å². The Hall–Kier alpha value is -1.44.